The van der Waals surface area contributed by atoms with Crippen LogP contribution < -0.4 is 11.4 Å². The molecule has 0 spiro atoms. The number of aliphatic hydroxyl groups is 3. The summed E-state index contributed by atoms with van der Waals surface area (Å²) in [7, 11) is 0. The second kappa shape index (κ2) is 6.71. The van der Waals surface area contributed by atoms with Crippen molar-refractivity contribution >= 4 is 17.1 Å². The quantitative estimate of drug-likeness (QED) is 0.533. The lowest BCUT2D eigenvalue weighted by atomic mass is 10.1. The molecule has 25 heavy (non-hydrogen) atoms. The van der Waals surface area contributed by atoms with E-state index in [1.54, 1.807) is 6.92 Å². The Morgan fingerprint density at radius 3 is 2.84 bits per heavy atom. The van der Waals surface area contributed by atoms with Gasteiger partial charge in [0.2, 0.25) is 5.95 Å². The van der Waals surface area contributed by atoms with Crippen LogP contribution in [0.3, 0.4) is 0 Å². The minimum absolute atomic E-state index is 0.0203. The number of ether oxygens (including phenoxy) is 1. The fourth-order valence-electron chi connectivity index (χ4n) is 3.16. The highest BCUT2D eigenvalue weighted by Gasteiger charge is 2.40. The van der Waals surface area contributed by atoms with E-state index in [4.69, 9.17) is 10.5 Å². The minimum atomic E-state index is -0.995. The van der Waals surface area contributed by atoms with Crippen molar-refractivity contribution in [1.29, 1.82) is 0 Å². The van der Waals surface area contributed by atoms with Crippen molar-refractivity contribution in [3.05, 3.63) is 16.7 Å². The Balaban J connectivity index is 2.11. The van der Waals surface area contributed by atoms with Crippen molar-refractivity contribution in [2.24, 2.45) is 0 Å². The van der Waals surface area contributed by atoms with Gasteiger partial charge in [0.15, 0.2) is 11.9 Å². The number of aromatic nitrogens is 4. The SMILES string of the molecule is CC[C@H](O)[C@@H]1C[C@@H](O)[C@H](n2c(=O)n(C[C@@H](C)O)c3cnc(N)nc32)O1. The van der Waals surface area contributed by atoms with Gasteiger partial charge in [0.25, 0.3) is 0 Å². The van der Waals surface area contributed by atoms with E-state index in [0.717, 1.165) is 0 Å². The number of nitrogens with zero attached hydrogens (tertiary/aromatic N) is 4. The Kier molecular flexibility index (Phi) is 4.78. The highest BCUT2D eigenvalue weighted by atomic mass is 16.5. The summed E-state index contributed by atoms with van der Waals surface area (Å²) in [5, 5.41) is 30.0. The zero-order valence-electron chi connectivity index (χ0n) is 14.1. The molecule has 2 aromatic heterocycles. The lowest BCUT2D eigenvalue weighted by molar-refractivity contribution is -0.0760. The summed E-state index contributed by atoms with van der Waals surface area (Å²) >= 11 is 0. The molecule has 0 bridgehead atoms. The summed E-state index contributed by atoms with van der Waals surface area (Å²) in [6.45, 7) is 3.41. The summed E-state index contributed by atoms with van der Waals surface area (Å²) in [5.41, 5.74) is 5.75. The third-order valence-corrected chi connectivity index (χ3v) is 4.39. The molecule has 2 aromatic rings. The first kappa shape index (κ1) is 17.8. The van der Waals surface area contributed by atoms with Crippen LogP contribution >= 0.6 is 0 Å². The van der Waals surface area contributed by atoms with E-state index in [2.05, 4.69) is 9.97 Å². The lowest BCUT2D eigenvalue weighted by Gasteiger charge is -2.18. The Bertz CT molecular complexity index is 816. The molecule has 0 amide bonds. The summed E-state index contributed by atoms with van der Waals surface area (Å²) < 4.78 is 8.28. The highest BCUT2D eigenvalue weighted by Crippen LogP contribution is 2.32. The molecule has 3 rings (SSSR count). The molecule has 0 aliphatic carbocycles. The molecular formula is C15H23N5O5. The summed E-state index contributed by atoms with van der Waals surface area (Å²) in [4.78, 5) is 20.9. The van der Waals surface area contributed by atoms with Crippen molar-refractivity contribution < 1.29 is 20.1 Å². The monoisotopic (exact) mass is 353 g/mol. The Morgan fingerprint density at radius 1 is 1.48 bits per heavy atom. The summed E-state index contributed by atoms with van der Waals surface area (Å²) in [5.74, 6) is -0.0203. The molecule has 10 heteroatoms. The number of rotatable bonds is 5. The van der Waals surface area contributed by atoms with Crippen LogP contribution in [0.15, 0.2) is 11.0 Å². The number of aliphatic hydroxyl groups excluding tert-OH is 3. The zero-order chi connectivity index (χ0) is 18.3. The van der Waals surface area contributed by atoms with Gasteiger partial charge in [-0.05, 0) is 13.3 Å². The second-order valence-electron chi connectivity index (χ2n) is 6.39. The van der Waals surface area contributed by atoms with Gasteiger partial charge in [0.1, 0.15) is 11.6 Å². The first-order chi connectivity index (χ1) is 11.8. The largest absolute Gasteiger partial charge is 0.392 e. The molecule has 1 aliphatic rings. The number of nitrogens with two attached hydrogens (primary N) is 1. The number of hydrogen-bond acceptors (Lipinski definition) is 8. The van der Waals surface area contributed by atoms with Crippen LogP contribution in [-0.4, -0.2) is 58.8 Å². The maximum Gasteiger partial charge on any atom is 0.332 e. The van der Waals surface area contributed by atoms with Crippen LogP contribution in [0.4, 0.5) is 5.95 Å². The van der Waals surface area contributed by atoms with Crippen molar-refractivity contribution in [3.8, 4) is 0 Å². The molecule has 0 radical (unpaired) electrons. The average Bonchev–Trinajstić information content (AvgIpc) is 3.05. The van der Waals surface area contributed by atoms with Crippen molar-refractivity contribution in [3.63, 3.8) is 0 Å². The van der Waals surface area contributed by atoms with E-state index in [1.807, 2.05) is 6.92 Å². The zero-order valence-corrected chi connectivity index (χ0v) is 14.1. The molecule has 10 nitrogen and oxygen atoms in total. The van der Waals surface area contributed by atoms with Gasteiger partial charge in [-0.1, -0.05) is 6.92 Å². The topological polar surface area (TPSA) is 149 Å². The fraction of sp³-hybridized carbons (Fsp3) is 0.667. The van der Waals surface area contributed by atoms with Crippen LogP contribution in [0, 0.1) is 0 Å². The predicted octanol–water partition coefficient (Wildman–Crippen LogP) is -1.02. The number of fused-ring (bicyclic) bond motifs is 1. The number of anilines is 1. The average molecular weight is 353 g/mol. The molecule has 5 atom stereocenters. The standard InChI is InChI=1S/C15H23N5O5/c1-3-9(22)11-4-10(23)13(25-11)20-12-8(5-17-14(16)18-12)19(15(20)24)6-7(2)21/h5,7,9-11,13,21-23H,3-4,6H2,1-2H3,(H2,16,17,18)/t7-,9+,10-,11+,13-/m1/s1. The summed E-state index contributed by atoms with van der Waals surface area (Å²) in [6, 6.07) is 0. The first-order valence-corrected chi connectivity index (χ1v) is 8.26. The smallest absolute Gasteiger partial charge is 0.332 e. The van der Waals surface area contributed by atoms with E-state index < -0.39 is 36.3 Å². The molecule has 1 fully saturated rings. The first-order valence-electron chi connectivity index (χ1n) is 8.26. The van der Waals surface area contributed by atoms with Gasteiger partial charge < -0.3 is 25.8 Å². The Hall–Kier alpha value is -2.01. The molecule has 1 saturated heterocycles. The lowest BCUT2D eigenvalue weighted by Crippen LogP contribution is -2.33. The highest BCUT2D eigenvalue weighted by molar-refractivity contribution is 5.71. The normalized spacial score (nSPS) is 26.2. The van der Waals surface area contributed by atoms with Crippen molar-refractivity contribution in [2.45, 2.75) is 63.9 Å². The molecular weight excluding hydrogens is 330 g/mol. The molecule has 0 aromatic carbocycles. The van der Waals surface area contributed by atoms with Gasteiger partial charge in [0.05, 0.1) is 31.1 Å². The van der Waals surface area contributed by atoms with Gasteiger partial charge in [-0.3, -0.25) is 4.57 Å². The fourth-order valence-corrected chi connectivity index (χ4v) is 3.16. The third kappa shape index (κ3) is 3.13. The molecule has 138 valence electrons. The third-order valence-electron chi connectivity index (χ3n) is 4.39. The van der Waals surface area contributed by atoms with Gasteiger partial charge >= 0.3 is 5.69 Å². The van der Waals surface area contributed by atoms with E-state index in [0.29, 0.717) is 11.9 Å². The van der Waals surface area contributed by atoms with Gasteiger partial charge in [-0.2, -0.15) is 4.98 Å². The maximum absolute atomic E-state index is 12.9. The minimum Gasteiger partial charge on any atom is -0.392 e. The maximum atomic E-state index is 12.9. The van der Waals surface area contributed by atoms with Crippen LogP contribution in [0.25, 0.3) is 11.2 Å². The predicted molar refractivity (Wildman–Crippen MR) is 88.7 cm³/mol. The Labute approximate surface area is 143 Å². The van der Waals surface area contributed by atoms with E-state index >= 15 is 0 Å². The Morgan fingerprint density at radius 2 is 2.20 bits per heavy atom. The van der Waals surface area contributed by atoms with Gasteiger partial charge in [-0.15, -0.1) is 0 Å². The molecule has 0 unspecified atom stereocenters. The molecule has 0 saturated carbocycles. The molecule has 5 N–H and O–H groups in total. The number of hydrogen-bond donors (Lipinski definition) is 4. The van der Waals surface area contributed by atoms with Crippen LogP contribution in [0.5, 0.6) is 0 Å². The summed E-state index contributed by atoms with van der Waals surface area (Å²) in [6.07, 6.45) is -1.98. The van der Waals surface area contributed by atoms with E-state index in [-0.39, 0.29) is 24.6 Å². The van der Waals surface area contributed by atoms with Crippen molar-refractivity contribution in [2.75, 3.05) is 5.73 Å². The van der Waals surface area contributed by atoms with Crippen LogP contribution in [0.2, 0.25) is 0 Å². The van der Waals surface area contributed by atoms with Crippen molar-refractivity contribution in [1.82, 2.24) is 19.1 Å². The van der Waals surface area contributed by atoms with Crippen LogP contribution in [-0.2, 0) is 11.3 Å². The number of imidazole rings is 1. The van der Waals surface area contributed by atoms with Gasteiger partial charge in [-0.25, -0.2) is 14.3 Å². The van der Waals surface area contributed by atoms with E-state index in [9.17, 15) is 20.1 Å². The van der Waals surface area contributed by atoms with Gasteiger partial charge in [0, 0.05) is 6.42 Å². The molecule has 1 aliphatic heterocycles. The number of nitrogen functional groups attached to an aromatic ring is 1. The van der Waals surface area contributed by atoms with Crippen LogP contribution in [0.1, 0.15) is 32.9 Å². The van der Waals surface area contributed by atoms with E-state index in [1.165, 1.54) is 15.3 Å². The second-order valence-corrected chi connectivity index (χ2v) is 6.39. The molecule has 3 heterocycles.